The lowest BCUT2D eigenvalue weighted by Crippen LogP contribution is -2.32. The highest BCUT2D eigenvalue weighted by molar-refractivity contribution is 6.30. The van der Waals surface area contributed by atoms with Crippen LogP contribution in [0.5, 0.6) is 0 Å². The van der Waals surface area contributed by atoms with Crippen LogP contribution in [-0.4, -0.2) is 28.3 Å². The zero-order chi connectivity index (χ0) is 20.8. The monoisotopic (exact) mass is 409 g/mol. The minimum absolute atomic E-state index is 0.141. The summed E-state index contributed by atoms with van der Waals surface area (Å²) in [6, 6.07) is 15.5. The van der Waals surface area contributed by atoms with Crippen molar-refractivity contribution in [2.75, 3.05) is 17.2 Å². The summed E-state index contributed by atoms with van der Waals surface area (Å²) in [5.41, 5.74) is 3.60. The maximum Gasteiger partial charge on any atom is 0.251 e. The van der Waals surface area contributed by atoms with Gasteiger partial charge in [0, 0.05) is 33.3 Å². The quantitative estimate of drug-likeness (QED) is 0.574. The van der Waals surface area contributed by atoms with Crippen LogP contribution in [0.3, 0.4) is 0 Å². The van der Waals surface area contributed by atoms with E-state index in [0.717, 1.165) is 17.1 Å². The summed E-state index contributed by atoms with van der Waals surface area (Å²) >= 11 is 5.80. The van der Waals surface area contributed by atoms with Crippen molar-refractivity contribution >= 4 is 40.7 Å². The SMILES string of the molecule is Cc1cc(C)nc(Nc2ccc(NC(=O)CNC(=O)c3ccc(Cl)cc3)cc2)n1. The van der Waals surface area contributed by atoms with E-state index in [1.165, 1.54) is 0 Å². The third-order valence-electron chi connectivity index (χ3n) is 3.92. The van der Waals surface area contributed by atoms with Gasteiger partial charge in [0.15, 0.2) is 0 Å². The number of benzene rings is 2. The second-order valence-electron chi connectivity index (χ2n) is 6.41. The van der Waals surface area contributed by atoms with Gasteiger partial charge in [0.25, 0.3) is 5.91 Å². The molecule has 0 aliphatic carbocycles. The third-order valence-corrected chi connectivity index (χ3v) is 4.17. The Kier molecular flexibility index (Phi) is 6.41. The van der Waals surface area contributed by atoms with Gasteiger partial charge in [-0.05, 0) is 68.4 Å². The Morgan fingerprint density at radius 3 is 2.10 bits per heavy atom. The molecule has 2 aromatic carbocycles. The third kappa shape index (κ3) is 6.02. The van der Waals surface area contributed by atoms with Crippen molar-refractivity contribution in [1.82, 2.24) is 15.3 Å². The van der Waals surface area contributed by atoms with E-state index < -0.39 is 0 Å². The Hall–Kier alpha value is -3.45. The first-order valence-electron chi connectivity index (χ1n) is 8.92. The van der Waals surface area contributed by atoms with Crippen LogP contribution in [0.2, 0.25) is 5.02 Å². The predicted octanol–water partition coefficient (Wildman–Crippen LogP) is 3.86. The lowest BCUT2D eigenvalue weighted by atomic mass is 10.2. The summed E-state index contributed by atoms with van der Waals surface area (Å²) in [4.78, 5) is 32.8. The molecule has 1 heterocycles. The number of hydrogen-bond acceptors (Lipinski definition) is 5. The second kappa shape index (κ2) is 9.16. The average molecular weight is 410 g/mol. The van der Waals surface area contributed by atoms with Crippen molar-refractivity contribution in [3.05, 3.63) is 76.6 Å². The number of amides is 2. The highest BCUT2D eigenvalue weighted by Gasteiger charge is 2.08. The summed E-state index contributed by atoms with van der Waals surface area (Å²) in [6.07, 6.45) is 0. The van der Waals surface area contributed by atoms with Crippen molar-refractivity contribution in [2.45, 2.75) is 13.8 Å². The fourth-order valence-corrected chi connectivity index (χ4v) is 2.74. The van der Waals surface area contributed by atoms with Gasteiger partial charge in [0.1, 0.15) is 0 Å². The maximum absolute atomic E-state index is 12.1. The van der Waals surface area contributed by atoms with E-state index in [0.29, 0.717) is 22.2 Å². The van der Waals surface area contributed by atoms with Crippen LogP contribution < -0.4 is 16.0 Å². The van der Waals surface area contributed by atoms with Crippen molar-refractivity contribution in [3.8, 4) is 0 Å². The van der Waals surface area contributed by atoms with Gasteiger partial charge in [0.2, 0.25) is 11.9 Å². The first-order chi connectivity index (χ1) is 13.9. The van der Waals surface area contributed by atoms with Gasteiger partial charge < -0.3 is 16.0 Å². The fourth-order valence-electron chi connectivity index (χ4n) is 2.62. The fraction of sp³-hybridized carbons (Fsp3) is 0.143. The number of hydrogen-bond donors (Lipinski definition) is 3. The molecule has 1 aromatic heterocycles. The van der Waals surface area contributed by atoms with Crippen molar-refractivity contribution in [2.24, 2.45) is 0 Å². The first-order valence-corrected chi connectivity index (χ1v) is 9.30. The molecule has 0 spiro atoms. The van der Waals surface area contributed by atoms with Crippen LogP contribution in [0, 0.1) is 13.8 Å². The molecule has 0 saturated carbocycles. The maximum atomic E-state index is 12.1. The van der Waals surface area contributed by atoms with E-state index >= 15 is 0 Å². The van der Waals surface area contributed by atoms with Crippen LogP contribution in [-0.2, 0) is 4.79 Å². The Bertz CT molecular complexity index is 1000. The smallest absolute Gasteiger partial charge is 0.251 e. The van der Waals surface area contributed by atoms with E-state index in [-0.39, 0.29) is 18.4 Å². The highest BCUT2D eigenvalue weighted by Crippen LogP contribution is 2.17. The van der Waals surface area contributed by atoms with Gasteiger partial charge in [-0.1, -0.05) is 11.6 Å². The van der Waals surface area contributed by atoms with Gasteiger partial charge in [-0.2, -0.15) is 0 Å². The number of nitrogens with zero attached hydrogens (tertiary/aromatic N) is 2. The number of carbonyl (C=O) groups is 2. The molecule has 0 aliphatic rings. The van der Waals surface area contributed by atoms with Gasteiger partial charge in [-0.15, -0.1) is 0 Å². The molecule has 0 saturated heterocycles. The topological polar surface area (TPSA) is 96.0 Å². The number of anilines is 3. The van der Waals surface area contributed by atoms with Crippen molar-refractivity contribution < 1.29 is 9.59 Å². The second-order valence-corrected chi connectivity index (χ2v) is 6.85. The molecule has 0 atom stereocenters. The lowest BCUT2D eigenvalue weighted by molar-refractivity contribution is -0.115. The molecular weight excluding hydrogens is 390 g/mol. The summed E-state index contributed by atoms with van der Waals surface area (Å²) in [6.45, 7) is 3.67. The van der Waals surface area contributed by atoms with E-state index in [4.69, 9.17) is 11.6 Å². The average Bonchev–Trinajstić information content (AvgIpc) is 2.67. The van der Waals surface area contributed by atoms with E-state index in [9.17, 15) is 9.59 Å². The number of aryl methyl sites for hydroxylation is 2. The molecule has 3 rings (SSSR count). The minimum atomic E-state index is -0.343. The first kappa shape index (κ1) is 20.3. The molecule has 0 fully saturated rings. The minimum Gasteiger partial charge on any atom is -0.343 e. The van der Waals surface area contributed by atoms with E-state index in [1.54, 1.807) is 36.4 Å². The van der Waals surface area contributed by atoms with E-state index in [2.05, 4.69) is 25.9 Å². The summed E-state index contributed by atoms with van der Waals surface area (Å²) in [5, 5.41) is 8.97. The molecule has 2 amide bonds. The number of halogens is 1. The normalized spacial score (nSPS) is 10.3. The molecule has 0 aliphatic heterocycles. The molecule has 0 bridgehead atoms. The van der Waals surface area contributed by atoms with Crippen LogP contribution in [0.1, 0.15) is 21.7 Å². The van der Waals surface area contributed by atoms with Crippen molar-refractivity contribution in [3.63, 3.8) is 0 Å². The molecule has 8 heteroatoms. The number of carbonyl (C=O) groups excluding carboxylic acids is 2. The van der Waals surface area contributed by atoms with Crippen LogP contribution in [0.4, 0.5) is 17.3 Å². The Balaban J connectivity index is 1.51. The zero-order valence-corrected chi connectivity index (χ0v) is 16.7. The molecule has 29 heavy (non-hydrogen) atoms. The van der Waals surface area contributed by atoms with Gasteiger partial charge in [-0.25, -0.2) is 9.97 Å². The Labute approximate surface area is 173 Å². The summed E-state index contributed by atoms with van der Waals surface area (Å²) in [5.74, 6) is -0.153. The summed E-state index contributed by atoms with van der Waals surface area (Å²) < 4.78 is 0. The molecule has 7 nitrogen and oxygen atoms in total. The summed E-state index contributed by atoms with van der Waals surface area (Å²) in [7, 11) is 0. The number of nitrogens with one attached hydrogen (secondary N) is 3. The molecule has 0 unspecified atom stereocenters. The van der Waals surface area contributed by atoms with E-state index in [1.807, 2.05) is 32.0 Å². The van der Waals surface area contributed by atoms with Gasteiger partial charge in [-0.3, -0.25) is 9.59 Å². The zero-order valence-electron chi connectivity index (χ0n) is 16.0. The molecular formula is C21H20ClN5O2. The predicted molar refractivity (Wildman–Crippen MR) is 114 cm³/mol. The number of rotatable bonds is 6. The van der Waals surface area contributed by atoms with Crippen LogP contribution in [0.25, 0.3) is 0 Å². The van der Waals surface area contributed by atoms with Crippen LogP contribution in [0.15, 0.2) is 54.6 Å². The largest absolute Gasteiger partial charge is 0.343 e. The Morgan fingerprint density at radius 1 is 0.897 bits per heavy atom. The highest BCUT2D eigenvalue weighted by atomic mass is 35.5. The van der Waals surface area contributed by atoms with Crippen LogP contribution >= 0.6 is 11.6 Å². The lowest BCUT2D eigenvalue weighted by Gasteiger charge is -2.09. The standard InChI is InChI=1S/C21H20ClN5O2/c1-13-11-14(2)25-21(24-13)27-18-9-7-17(8-10-18)26-19(28)12-23-20(29)15-3-5-16(22)6-4-15/h3-11H,12H2,1-2H3,(H,23,29)(H,26,28)(H,24,25,27). The molecule has 3 aromatic rings. The van der Waals surface area contributed by atoms with Crippen molar-refractivity contribution in [1.29, 1.82) is 0 Å². The van der Waals surface area contributed by atoms with Gasteiger partial charge in [0.05, 0.1) is 6.54 Å². The molecule has 0 radical (unpaired) electrons. The molecule has 3 N–H and O–H groups in total. The Morgan fingerprint density at radius 2 is 1.48 bits per heavy atom. The van der Waals surface area contributed by atoms with Gasteiger partial charge >= 0.3 is 0 Å². The number of aromatic nitrogens is 2. The molecule has 148 valence electrons.